The van der Waals surface area contributed by atoms with E-state index in [1.807, 2.05) is 55.5 Å². The number of carbonyl (C=O) groups excluding carboxylic acids is 2. The minimum Gasteiger partial charge on any atom is -0.484 e. The summed E-state index contributed by atoms with van der Waals surface area (Å²) in [5, 5.41) is 2.83. The molecule has 126 valence electrons. The van der Waals surface area contributed by atoms with E-state index >= 15 is 0 Å². The van der Waals surface area contributed by atoms with Crippen molar-refractivity contribution in [2.45, 2.75) is 33.2 Å². The van der Waals surface area contributed by atoms with Crippen molar-refractivity contribution in [3.05, 3.63) is 65.2 Å². The molecule has 0 bridgehead atoms. The molecule has 0 aliphatic heterocycles. The predicted octanol–water partition coefficient (Wildman–Crippen LogP) is 3.21. The molecule has 0 spiro atoms. The van der Waals surface area contributed by atoms with Crippen LogP contribution in [-0.4, -0.2) is 18.3 Å². The van der Waals surface area contributed by atoms with Gasteiger partial charge < -0.3 is 14.8 Å². The van der Waals surface area contributed by atoms with E-state index in [9.17, 15) is 9.59 Å². The van der Waals surface area contributed by atoms with Crippen molar-refractivity contribution >= 4 is 11.7 Å². The zero-order valence-electron chi connectivity index (χ0n) is 14.2. The van der Waals surface area contributed by atoms with Gasteiger partial charge in [-0.2, -0.15) is 0 Å². The van der Waals surface area contributed by atoms with Crippen molar-refractivity contribution in [3.8, 4) is 5.75 Å². The molecule has 1 amide bonds. The molecule has 24 heavy (non-hydrogen) atoms. The summed E-state index contributed by atoms with van der Waals surface area (Å²) < 4.78 is 5.48. The number of ketones is 1. The quantitative estimate of drug-likeness (QED) is 0.811. The molecule has 0 heterocycles. The number of amides is 1. The maximum absolute atomic E-state index is 11.8. The smallest absolute Gasteiger partial charge is 0.258 e. The number of Topliss-reactive ketones (excluding diaryl/α,β-unsaturated/α-hetero) is 1. The van der Waals surface area contributed by atoms with Gasteiger partial charge in [0.15, 0.2) is 6.61 Å². The number of rotatable bonds is 8. The molecule has 0 unspecified atom stereocenters. The van der Waals surface area contributed by atoms with E-state index in [1.54, 1.807) is 6.92 Å². The normalized spacial score (nSPS) is 10.2. The Morgan fingerprint density at radius 3 is 2.21 bits per heavy atom. The molecule has 0 aromatic heterocycles. The molecule has 0 fully saturated rings. The molecule has 1 N–H and O–H groups in total. The first kappa shape index (κ1) is 17.7. The molecular weight excluding hydrogens is 302 g/mol. The van der Waals surface area contributed by atoms with E-state index in [0.717, 1.165) is 17.5 Å². The summed E-state index contributed by atoms with van der Waals surface area (Å²) in [5.41, 5.74) is 3.34. The van der Waals surface area contributed by atoms with Crippen LogP contribution in [0.25, 0.3) is 0 Å². The van der Waals surface area contributed by atoms with Gasteiger partial charge >= 0.3 is 0 Å². The number of hydrogen-bond donors (Lipinski definition) is 1. The van der Waals surface area contributed by atoms with Gasteiger partial charge in [-0.05, 0) is 43.5 Å². The number of carbonyl (C=O) groups is 2. The lowest BCUT2D eigenvalue weighted by atomic mass is 10.1. The Labute approximate surface area is 142 Å². The highest BCUT2D eigenvalue weighted by Crippen LogP contribution is 2.13. The molecule has 0 aliphatic carbocycles. The molecule has 0 atom stereocenters. The Morgan fingerprint density at radius 2 is 1.58 bits per heavy atom. The maximum Gasteiger partial charge on any atom is 0.258 e. The standard InChI is InChI=1S/C20H23NO3/c1-15-3-6-18(7-4-15)13-21-20(23)14-24-19-11-9-17(10-12-19)8-5-16(2)22/h3-4,6-7,9-12H,5,8,13-14H2,1-2H3,(H,21,23). The van der Waals surface area contributed by atoms with Crippen LogP contribution in [0.5, 0.6) is 5.75 Å². The molecular formula is C20H23NO3. The van der Waals surface area contributed by atoms with Gasteiger partial charge in [0, 0.05) is 13.0 Å². The summed E-state index contributed by atoms with van der Waals surface area (Å²) >= 11 is 0. The van der Waals surface area contributed by atoms with Gasteiger partial charge in [0.2, 0.25) is 0 Å². The van der Waals surface area contributed by atoms with Gasteiger partial charge in [0.1, 0.15) is 11.5 Å². The summed E-state index contributed by atoms with van der Waals surface area (Å²) in [7, 11) is 0. The first-order valence-corrected chi connectivity index (χ1v) is 8.06. The van der Waals surface area contributed by atoms with Crippen molar-refractivity contribution in [1.29, 1.82) is 0 Å². The second kappa shape index (κ2) is 8.87. The Balaban J connectivity index is 1.73. The van der Waals surface area contributed by atoms with Crippen LogP contribution in [0, 0.1) is 6.92 Å². The summed E-state index contributed by atoms with van der Waals surface area (Å²) in [4.78, 5) is 22.8. The van der Waals surface area contributed by atoms with E-state index < -0.39 is 0 Å². The molecule has 0 saturated carbocycles. The van der Waals surface area contributed by atoms with Crippen LogP contribution in [0.4, 0.5) is 0 Å². The monoisotopic (exact) mass is 325 g/mol. The first-order chi connectivity index (χ1) is 11.5. The third kappa shape index (κ3) is 6.24. The predicted molar refractivity (Wildman–Crippen MR) is 94.0 cm³/mol. The fourth-order valence-corrected chi connectivity index (χ4v) is 2.18. The number of nitrogens with one attached hydrogen (secondary N) is 1. The summed E-state index contributed by atoms with van der Waals surface area (Å²) in [6.07, 6.45) is 1.27. The van der Waals surface area contributed by atoms with Crippen LogP contribution in [0.2, 0.25) is 0 Å². The Bertz CT molecular complexity index is 675. The Morgan fingerprint density at radius 1 is 0.958 bits per heavy atom. The third-order valence-corrected chi connectivity index (χ3v) is 3.67. The van der Waals surface area contributed by atoms with E-state index in [2.05, 4.69) is 5.32 Å². The molecule has 0 aliphatic rings. The molecule has 4 heteroatoms. The van der Waals surface area contributed by atoms with Crippen molar-refractivity contribution in [2.75, 3.05) is 6.61 Å². The molecule has 2 aromatic rings. The number of ether oxygens (including phenoxy) is 1. The van der Waals surface area contributed by atoms with Crippen LogP contribution in [0.1, 0.15) is 30.0 Å². The van der Waals surface area contributed by atoms with Gasteiger partial charge in [-0.25, -0.2) is 0 Å². The number of benzene rings is 2. The maximum atomic E-state index is 11.8. The second-order valence-electron chi connectivity index (χ2n) is 5.90. The van der Waals surface area contributed by atoms with Crippen LogP contribution < -0.4 is 10.1 Å². The van der Waals surface area contributed by atoms with E-state index in [0.29, 0.717) is 18.7 Å². The fraction of sp³-hybridized carbons (Fsp3) is 0.300. The van der Waals surface area contributed by atoms with Gasteiger partial charge in [0.05, 0.1) is 0 Å². The molecule has 0 radical (unpaired) electrons. The molecule has 2 aromatic carbocycles. The van der Waals surface area contributed by atoms with Crippen LogP contribution in [0.15, 0.2) is 48.5 Å². The number of aryl methyl sites for hydroxylation is 2. The highest BCUT2D eigenvalue weighted by Gasteiger charge is 2.04. The van der Waals surface area contributed by atoms with E-state index in [1.165, 1.54) is 5.56 Å². The van der Waals surface area contributed by atoms with Crippen molar-refractivity contribution in [2.24, 2.45) is 0 Å². The fourth-order valence-electron chi connectivity index (χ4n) is 2.18. The first-order valence-electron chi connectivity index (χ1n) is 8.06. The van der Waals surface area contributed by atoms with Gasteiger partial charge in [-0.1, -0.05) is 42.0 Å². The van der Waals surface area contributed by atoms with Gasteiger partial charge in [0.25, 0.3) is 5.91 Å². The van der Waals surface area contributed by atoms with Crippen molar-refractivity contribution in [3.63, 3.8) is 0 Å². The minimum atomic E-state index is -0.156. The highest BCUT2D eigenvalue weighted by molar-refractivity contribution is 5.77. The average Bonchev–Trinajstić information content (AvgIpc) is 2.58. The summed E-state index contributed by atoms with van der Waals surface area (Å²) in [6.45, 7) is 4.10. The van der Waals surface area contributed by atoms with E-state index in [-0.39, 0.29) is 18.3 Å². The molecule has 4 nitrogen and oxygen atoms in total. The average molecular weight is 325 g/mol. The topological polar surface area (TPSA) is 55.4 Å². The van der Waals surface area contributed by atoms with Crippen LogP contribution in [0.3, 0.4) is 0 Å². The lowest BCUT2D eigenvalue weighted by Crippen LogP contribution is -2.28. The Hall–Kier alpha value is -2.62. The second-order valence-corrected chi connectivity index (χ2v) is 5.90. The van der Waals surface area contributed by atoms with Crippen molar-refractivity contribution < 1.29 is 14.3 Å². The summed E-state index contributed by atoms with van der Waals surface area (Å²) in [6, 6.07) is 15.5. The largest absolute Gasteiger partial charge is 0.484 e. The minimum absolute atomic E-state index is 0.0152. The molecule has 0 saturated heterocycles. The lowest BCUT2D eigenvalue weighted by Gasteiger charge is -2.08. The Kier molecular flexibility index (Phi) is 6.55. The van der Waals surface area contributed by atoms with Gasteiger partial charge in [-0.3, -0.25) is 4.79 Å². The highest BCUT2D eigenvalue weighted by atomic mass is 16.5. The lowest BCUT2D eigenvalue weighted by molar-refractivity contribution is -0.123. The SMILES string of the molecule is CC(=O)CCc1ccc(OCC(=O)NCc2ccc(C)cc2)cc1. The van der Waals surface area contributed by atoms with E-state index in [4.69, 9.17) is 4.74 Å². The zero-order valence-corrected chi connectivity index (χ0v) is 14.2. The van der Waals surface area contributed by atoms with Crippen LogP contribution >= 0.6 is 0 Å². The molecule has 2 rings (SSSR count). The van der Waals surface area contributed by atoms with Crippen LogP contribution in [-0.2, 0) is 22.6 Å². The van der Waals surface area contributed by atoms with Crippen molar-refractivity contribution in [1.82, 2.24) is 5.32 Å². The number of hydrogen-bond acceptors (Lipinski definition) is 3. The van der Waals surface area contributed by atoms with Gasteiger partial charge in [-0.15, -0.1) is 0 Å². The summed E-state index contributed by atoms with van der Waals surface area (Å²) in [5.74, 6) is 0.670. The zero-order chi connectivity index (χ0) is 17.4. The third-order valence-electron chi connectivity index (χ3n) is 3.67.